The van der Waals surface area contributed by atoms with E-state index in [0.29, 0.717) is 12.2 Å². The van der Waals surface area contributed by atoms with E-state index in [9.17, 15) is 5.11 Å². The number of phenols is 1. The van der Waals surface area contributed by atoms with Crippen molar-refractivity contribution < 1.29 is 5.11 Å². The number of hydrogen-bond acceptors (Lipinski definition) is 4. The van der Waals surface area contributed by atoms with Crippen molar-refractivity contribution in [1.29, 1.82) is 0 Å². The third kappa shape index (κ3) is 5.62. The maximum atomic E-state index is 10.7. The maximum absolute atomic E-state index is 10.7. The number of phenolic OH excluding ortho intramolecular Hbond substituents is 1. The van der Waals surface area contributed by atoms with Gasteiger partial charge < -0.3 is 15.3 Å². The van der Waals surface area contributed by atoms with Crippen molar-refractivity contribution >= 4 is 23.0 Å². The highest BCUT2D eigenvalue weighted by molar-refractivity contribution is 7.09. The molecule has 2 aliphatic rings. The van der Waals surface area contributed by atoms with Gasteiger partial charge in [0.1, 0.15) is 5.75 Å². The van der Waals surface area contributed by atoms with Crippen LogP contribution in [0, 0.1) is 0 Å². The van der Waals surface area contributed by atoms with Crippen LogP contribution in [0.25, 0.3) is 11.1 Å². The Hall–Kier alpha value is -2.83. The molecule has 0 spiro atoms. The van der Waals surface area contributed by atoms with Gasteiger partial charge in [0, 0.05) is 37.1 Å². The quantitative estimate of drug-likeness (QED) is 0.269. The first-order valence-corrected chi connectivity index (χ1v) is 13.4. The molecule has 0 radical (unpaired) electrons. The first kappa shape index (κ1) is 22.9. The van der Waals surface area contributed by atoms with Crippen LogP contribution in [0.5, 0.6) is 5.75 Å². The Kier molecular flexibility index (Phi) is 7.46. The minimum atomic E-state index is 0.240. The van der Waals surface area contributed by atoms with Crippen molar-refractivity contribution in [3.63, 3.8) is 0 Å². The van der Waals surface area contributed by atoms with E-state index >= 15 is 0 Å². The maximum Gasteiger partial charge on any atom is 0.199 e. The average Bonchev–Trinajstić information content (AvgIpc) is 3.42. The Bertz CT molecular complexity index is 1070. The van der Waals surface area contributed by atoms with Gasteiger partial charge in [-0.2, -0.15) is 0 Å². The predicted molar refractivity (Wildman–Crippen MR) is 143 cm³/mol. The Labute approximate surface area is 206 Å². The molecule has 1 saturated heterocycles. The molecule has 0 amide bonds. The fraction of sp³-hybridized carbons (Fsp3) is 0.393. The van der Waals surface area contributed by atoms with E-state index in [1.54, 1.807) is 17.4 Å². The Morgan fingerprint density at radius 2 is 1.71 bits per heavy atom. The minimum Gasteiger partial charge on any atom is -0.506 e. The molecule has 1 aliphatic carbocycles. The van der Waals surface area contributed by atoms with Crippen LogP contribution >= 0.6 is 11.3 Å². The molecule has 5 rings (SSSR count). The second-order valence-corrected chi connectivity index (χ2v) is 10.3. The fourth-order valence-electron chi connectivity index (χ4n) is 5.09. The van der Waals surface area contributed by atoms with Gasteiger partial charge >= 0.3 is 0 Å². The second kappa shape index (κ2) is 11.1. The molecule has 2 fully saturated rings. The fourth-order valence-corrected chi connectivity index (χ4v) is 5.71. The molecule has 2 aromatic carbocycles. The number of anilines is 1. The molecule has 3 aromatic rings. The van der Waals surface area contributed by atoms with Crippen molar-refractivity contribution in [3.05, 3.63) is 70.9 Å². The zero-order valence-corrected chi connectivity index (χ0v) is 20.5. The Balaban J connectivity index is 1.34. The third-order valence-corrected chi connectivity index (χ3v) is 7.88. The van der Waals surface area contributed by atoms with Gasteiger partial charge in [-0.3, -0.25) is 4.90 Å². The summed E-state index contributed by atoms with van der Waals surface area (Å²) in [6.07, 6.45) is 6.83. The lowest BCUT2D eigenvalue weighted by molar-refractivity contribution is 0.107. The summed E-state index contributed by atoms with van der Waals surface area (Å²) in [5.41, 5.74) is 2.89. The smallest absolute Gasteiger partial charge is 0.199 e. The largest absolute Gasteiger partial charge is 0.506 e. The monoisotopic (exact) mass is 474 g/mol. The molecule has 2 heterocycles. The number of aliphatic imine (C=N–C) groups is 1. The van der Waals surface area contributed by atoms with Crippen LogP contribution < -0.4 is 5.32 Å². The topological polar surface area (TPSA) is 51.1 Å². The van der Waals surface area contributed by atoms with Gasteiger partial charge in [0.15, 0.2) is 5.96 Å². The highest BCUT2D eigenvalue weighted by Gasteiger charge is 2.26. The number of guanidine groups is 1. The van der Waals surface area contributed by atoms with Gasteiger partial charge in [0.2, 0.25) is 0 Å². The first-order valence-electron chi connectivity index (χ1n) is 12.5. The molecule has 0 unspecified atom stereocenters. The van der Waals surface area contributed by atoms with Crippen molar-refractivity contribution in [2.24, 2.45) is 4.99 Å². The number of rotatable bonds is 5. The van der Waals surface area contributed by atoms with Crippen LogP contribution in [0.3, 0.4) is 0 Å². The molecular weight excluding hydrogens is 440 g/mol. The van der Waals surface area contributed by atoms with E-state index in [1.165, 1.54) is 37.0 Å². The van der Waals surface area contributed by atoms with Crippen molar-refractivity contribution in [2.45, 2.75) is 44.7 Å². The number of nitrogens with zero attached hydrogens (tertiary/aromatic N) is 3. The normalized spacial score (nSPS) is 18.2. The number of hydrogen-bond donors (Lipinski definition) is 2. The highest BCUT2D eigenvalue weighted by Crippen LogP contribution is 2.30. The van der Waals surface area contributed by atoms with E-state index in [2.05, 4.69) is 44.8 Å². The van der Waals surface area contributed by atoms with Crippen molar-refractivity contribution in [1.82, 2.24) is 9.80 Å². The van der Waals surface area contributed by atoms with Crippen LogP contribution in [0.2, 0.25) is 0 Å². The van der Waals surface area contributed by atoms with E-state index in [4.69, 9.17) is 4.99 Å². The summed E-state index contributed by atoms with van der Waals surface area (Å²) in [6.45, 7) is 4.68. The summed E-state index contributed by atoms with van der Waals surface area (Å²) >= 11 is 1.73. The van der Waals surface area contributed by atoms with E-state index in [1.807, 2.05) is 30.3 Å². The van der Waals surface area contributed by atoms with Gasteiger partial charge in [-0.15, -0.1) is 11.3 Å². The van der Waals surface area contributed by atoms with Crippen LogP contribution in [0.1, 0.15) is 37.0 Å². The average molecular weight is 475 g/mol. The molecule has 2 N–H and O–H groups in total. The molecule has 1 aromatic heterocycles. The standard InChI is InChI=1S/C28H34N4OS/c33-27-14-13-23(22-8-3-1-4-9-22)20-26(27)30-28(29-21-25-12-7-19-34-25)32-17-15-31(16-18-32)24-10-5-2-6-11-24/h1,3-4,7-9,12-14,19-20,24,33H,2,5-6,10-11,15-18,21H2,(H,29,30). The van der Waals surface area contributed by atoms with Gasteiger partial charge in [-0.1, -0.05) is 61.7 Å². The number of nitrogens with one attached hydrogen (secondary N) is 1. The minimum absolute atomic E-state index is 0.240. The number of piperazine rings is 1. The molecule has 6 heteroatoms. The first-order chi connectivity index (χ1) is 16.8. The predicted octanol–water partition coefficient (Wildman–Crippen LogP) is 6.04. The zero-order valence-electron chi connectivity index (χ0n) is 19.7. The second-order valence-electron chi connectivity index (χ2n) is 9.26. The third-order valence-electron chi connectivity index (χ3n) is 7.02. The van der Waals surface area contributed by atoms with Gasteiger partial charge in [-0.25, -0.2) is 4.99 Å². The Morgan fingerprint density at radius 3 is 2.44 bits per heavy atom. The van der Waals surface area contributed by atoms with Gasteiger partial charge in [0.25, 0.3) is 0 Å². The highest BCUT2D eigenvalue weighted by atomic mass is 32.1. The molecular formula is C28H34N4OS. The van der Waals surface area contributed by atoms with Crippen LogP contribution in [-0.4, -0.2) is 53.1 Å². The summed E-state index contributed by atoms with van der Waals surface area (Å²) in [4.78, 5) is 11.2. The summed E-state index contributed by atoms with van der Waals surface area (Å²) in [7, 11) is 0. The summed E-state index contributed by atoms with van der Waals surface area (Å²) in [5, 5.41) is 16.2. The van der Waals surface area contributed by atoms with E-state index < -0.39 is 0 Å². The summed E-state index contributed by atoms with van der Waals surface area (Å²) in [6, 6.07) is 21.0. The summed E-state index contributed by atoms with van der Waals surface area (Å²) < 4.78 is 0. The van der Waals surface area contributed by atoms with Gasteiger partial charge in [-0.05, 0) is 47.5 Å². The molecule has 34 heavy (non-hydrogen) atoms. The zero-order chi connectivity index (χ0) is 23.2. The summed E-state index contributed by atoms with van der Waals surface area (Å²) in [5.74, 6) is 1.08. The molecule has 1 saturated carbocycles. The molecule has 1 aliphatic heterocycles. The molecule has 5 nitrogen and oxygen atoms in total. The molecule has 0 bridgehead atoms. The van der Waals surface area contributed by atoms with Crippen LogP contribution in [0.4, 0.5) is 5.69 Å². The number of benzene rings is 2. The Morgan fingerprint density at radius 1 is 0.912 bits per heavy atom. The van der Waals surface area contributed by atoms with Crippen LogP contribution in [0.15, 0.2) is 71.0 Å². The van der Waals surface area contributed by atoms with Gasteiger partial charge in [0.05, 0.1) is 12.2 Å². The van der Waals surface area contributed by atoms with E-state index in [-0.39, 0.29) is 5.75 Å². The van der Waals surface area contributed by atoms with Crippen molar-refractivity contribution in [3.8, 4) is 16.9 Å². The van der Waals surface area contributed by atoms with E-state index in [0.717, 1.165) is 49.3 Å². The van der Waals surface area contributed by atoms with Crippen molar-refractivity contribution in [2.75, 3.05) is 31.5 Å². The van der Waals surface area contributed by atoms with Crippen LogP contribution in [-0.2, 0) is 6.54 Å². The lowest BCUT2D eigenvalue weighted by Crippen LogP contribution is -2.53. The lowest BCUT2D eigenvalue weighted by Gasteiger charge is -2.41. The molecule has 0 atom stereocenters. The molecule has 178 valence electrons. The lowest BCUT2D eigenvalue weighted by atomic mass is 9.94. The number of thiophene rings is 1. The SMILES string of the molecule is Oc1ccc(-c2ccccc2)cc1NC(=NCc1cccs1)N1CCN(C2CCCCC2)CC1. The number of aromatic hydroxyl groups is 1.